The molecule has 1 aromatic rings. The number of aliphatic hydroxyl groups is 1. The van der Waals surface area contributed by atoms with Gasteiger partial charge in [0.2, 0.25) is 0 Å². The van der Waals surface area contributed by atoms with Gasteiger partial charge in [0.25, 0.3) is 5.69 Å². The summed E-state index contributed by atoms with van der Waals surface area (Å²) in [5.41, 5.74) is 1.44. The molecule has 94 valence electrons. The fourth-order valence-corrected chi connectivity index (χ4v) is 1.52. The molecule has 0 fully saturated rings. The van der Waals surface area contributed by atoms with Crippen LogP contribution in [0.1, 0.15) is 25.3 Å². The molecular formula is C12H18N2O3. The van der Waals surface area contributed by atoms with Crippen molar-refractivity contribution in [3.8, 4) is 0 Å². The molecule has 1 atom stereocenters. The number of aryl methyl sites for hydroxylation is 1. The summed E-state index contributed by atoms with van der Waals surface area (Å²) in [6.45, 7) is 4.25. The summed E-state index contributed by atoms with van der Waals surface area (Å²) in [6, 6.07) is 5.07. The second kappa shape index (κ2) is 6.20. The lowest BCUT2D eigenvalue weighted by Gasteiger charge is -2.10. The van der Waals surface area contributed by atoms with Gasteiger partial charge in [0, 0.05) is 12.6 Å². The molecule has 0 amide bonds. The zero-order valence-electron chi connectivity index (χ0n) is 10.1. The minimum absolute atomic E-state index is 0.0796. The minimum atomic E-state index is -0.397. The highest BCUT2D eigenvalue weighted by molar-refractivity contribution is 5.62. The zero-order valence-corrected chi connectivity index (χ0v) is 10.1. The van der Waals surface area contributed by atoms with Gasteiger partial charge in [-0.25, -0.2) is 0 Å². The fraction of sp³-hybridized carbons (Fsp3) is 0.500. The minimum Gasteiger partial charge on any atom is -0.393 e. The number of nitro groups is 1. The number of hydrogen-bond donors (Lipinski definition) is 2. The molecule has 0 aliphatic heterocycles. The Labute approximate surface area is 101 Å². The van der Waals surface area contributed by atoms with Gasteiger partial charge in [-0.05, 0) is 31.4 Å². The number of anilines is 1. The lowest BCUT2D eigenvalue weighted by molar-refractivity contribution is -0.384. The summed E-state index contributed by atoms with van der Waals surface area (Å²) >= 11 is 0. The SMILES string of the molecule is CCC(O)CCNc1ccc(C)cc1[N+](=O)[O-]. The molecule has 0 aliphatic carbocycles. The van der Waals surface area contributed by atoms with E-state index >= 15 is 0 Å². The monoisotopic (exact) mass is 238 g/mol. The van der Waals surface area contributed by atoms with Crippen LogP contribution in [0.15, 0.2) is 18.2 Å². The summed E-state index contributed by atoms with van der Waals surface area (Å²) < 4.78 is 0. The van der Waals surface area contributed by atoms with Gasteiger partial charge in [0.05, 0.1) is 11.0 Å². The Bertz CT molecular complexity index is 393. The summed E-state index contributed by atoms with van der Waals surface area (Å²) in [5.74, 6) is 0. The van der Waals surface area contributed by atoms with E-state index in [9.17, 15) is 15.2 Å². The van der Waals surface area contributed by atoms with Crippen LogP contribution in [0.5, 0.6) is 0 Å². The predicted octanol–water partition coefficient (Wildman–Crippen LogP) is 2.48. The third-order valence-corrected chi connectivity index (χ3v) is 2.61. The van der Waals surface area contributed by atoms with Gasteiger partial charge >= 0.3 is 0 Å². The van der Waals surface area contributed by atoms with Crippen LogP contribution in [0.3, 0.4) is 0 Å². The first-order valence-corrected chi connectivity index (χ1v) is 5.71. The molecule has 0 spiro atoms. The first-order valence-electron chi connectivity index (χ1n) is 5.71. The topological polar surface area (TPSA) is 75.4 Å². The van der Waals surface area contributed by atoms with Crippen molar-refractivity contribution in [3.63, 3.8) is 0 Å². The van der Waals surface area contributed by atoms with Crippen molar-refractivity contribution in [1.82, 2.24) is 0 Å². The fourth-order valence-electron chi connectivity index (χ4n) is 1.52. The van der Waals surface area contributed by atoms with Gasteiger partial charge in [0.1, 0.15) is 5.69 Å². The molecule has 0 saturated carbocycles. The Morgan fingerprint density at radius 2 is 2.24 bits per heavy atom. The Balaban J connectivity index is 2.67. The maximum Gasteiger partial charge on any atom is 0.292 e. The average molecular weight is 238 g/mol. The van der Waals surface area contributed by atoms with E-state index in [1.54, 1.807) is 12.1 Å². The number of nitro benzene ring substituents is 1. The Morgan fingerprint density at radius 1 is 1.53 bits per heavy atom. The quantitative estimate of drug-likeness (QED) is 0.589. The second-order valence-electron chi connectivity index (χ2n) is 4.06. The maximum absolute atomic E-state index is 10.8. The molecule has 0 radical (unpaired) electrons. The van der Waals surface area contributed by atoms with E-state index < -0.39 is 4.92 Å². The largest absolute Gasteiger partial charge is 0.393 e. The molecule has 0 aromatic heterocycles. The van der Waals surface area contributed by atoms with E-state index in [2.05, 4.69) is 5.32 Å². The molecule has 1 rings (SSSR count). The molecular weight excluding hydrogens is 220 g/mol. The average Bonchev–Trinajstić information content (AvgIpc) is 2.30. The predicted molar refractivity (Wildman–Crippen MR) is 67.2 cm³/mol. The number of hydrogen-bond acceptors (Lipinski definition) is 4. The molecule has 1 aromatic carbocycles. The van der Waals surface area contributed by atoms with Crippen molar-refractivity contribution >= 4 is 11.4 Å². The first-order chi connectivity index (χ1) is 8.04. The smallest absolute Gasteiger partial charge is 0.292 e. The van der Waals surface area contributed by atoms with E-state index in [4.69, 9.17) is 0 Å². The van der Waals surface area contributed by atoms with Crippen LogP contribution in [-0.4, -0.2) is 22.7 Å². The van der Waals surface area contributed by atoms with Crippen molar-refractivity contribution in [2.24, 2.45) is 0 Å². The van der Waals surface area contributed by atoms with E-state index in [-0.39, 0.29) is 11.8 Å². The van der Waals surface area contributed by atoms with Crippen LogP contribution < -0.4 is 5.32 Å². The standard InChI is InChI=1S/C12H18N2O3/c1-3-10(15)6-7-13-11-5-4-9(2)8-12(11)14(16)17/h4-5,8,10,13,15H,3,6-7H2,1-2H3. The number of nitrogens with one attached hydrogen (secondary N) is 1. The Kier molecular flexibility index (Phi) is 4.90. The Hall–Kier alpha value is -1.62. The highest BCUT2D eigenvalue weighted by Crippen LogP contribution is 2.25. The lowest BCUT2D eigenvalue weighted by atomic mass is 10.1. The molecule has 0 aliphatic rings. The van der Waals surface area contributed by atoms with Gasteiger partial charge in [-0.15, -0.1) is 0 Å². The summed E-state index contributed by atoms with van der Waals surface area (Å²) in [6.07, 6.45) is 0.922. The highest BCUT2D eigenvalue weighted by atomic mass is 16.6. The van der Waals surface area contributed by atoms with Gasteiger partial charge in [-0.3, -0.25) is 10.1 Å². The van der Waals surface area contributed by atoms with Gasteiger partial charge in [-0.2, -0.15) is 0 Å². The molecule has 1 unspecified atom stereocenters. The zero-order chi connectivity index (χ0) is 12.8. The van der Waals surface area contributed by atoms with Crippen molar-refractivity contribution in [1.29, 1.82) is 0 Å². The molecule has 17 heavy (non-hydrogen) atoms. The van der Waals surface area contributed by atoms with E-state index in [1.807, 2.05) is 19.9 Å². The van der Waals surface area contributed by atoms with Crippen molar-refractivity contribution < 1.29 is 10.0 Å². The van der Waals surface area contributed by atoms with Crippen molar-refractivity contribution in [2.75, 3.05) is 11.9 Å². The third kappa shape index (κ3) is 4.03. The van der Waals surface area contributed by atoms with Crippen LogP contribution in [0.2, 0.25) is 0 Å². The number of nitrogens with zero attached hydrogens (tertiary/aromatic N) is 1. The van der Waals surface area contributed by atoms with Gasteiger partial charge < -0.3 is 10.4 Å². The van der Waals surface area contributed by atoms with Gasteiger partial charge in [-0.1, -0.05) is 13.0 Å². The molecule has 0 heterocycles. The van der Waals surface area contributed by atoms with Crippen molar-refractivity contribution in [2.45, 2.75) is 32.8 Å². The highest BCUT2D eigenvalue weighted by Gasteiger charge is 2.13. The maximum atomic E-state index is 10.8. The van der Waals surface area contributed by atoms with Crippen LogP contribution >= 0.6 is 0 Å². The van der Waals surface area contributed by atoms with Gasteiger partial charge in [0.15, 0.2) is 0 Å². The van der Waals surface area contributed by atoms with Crippen LogP contribution in [0.4, 0.5) is 11.4 Å². The first kappa shape index (κ1) is 13.4. The molecule has 0 saturated heterocycles. The Morgan fingerprint density at radius 3 is 2.82 bits per heavy atom. The normalized spacial score (nSPS) is 12.2. The van der Waals surface area contributed by atoms with Crippen LogP contribution in [-0.2, 0) is 0 Å². The molecule has 5 nitrogen and oxygen atoms in total. The lowest BCUT2D eigenvalue weighted by Crippen LogP contribution is -2.12. The van der Waals surface area contributed by atoms with Crippen LogP contribution in [0, 0.1) is 17.0 Å². The van der Waals surface area contributed by atoms with Crippen LogP contribution in [0.25, 0.3) is 0 Å². The van der Waals surface area contributed by atoms with E-state index in [0.717, 1.165) is 5.56 Å². The summed E-state index contributed by atoms with van der Waals surface area (Å²) in [4.78, 5) is 10.4. The molecule has 2 N–H and O–H groups in total. The molecule has 0 bridgehead atoms. The van der Waals surface area contributed by atoms with E-state index in [0.29, 0.717) is 25.1 Å². The summed E-state index contributed by atoms with van der Waals surface area (Å²) in [7, 11) is 0. The second-order valence-corrected chi connectivity index (χ2v) is 4.06. The van der Waals surface area contributed by atoms with Crippen molar-refractivity contribution in [3.05, 3.63) is 33.9 Å². The number of aliphatic hydroxyl groups excluding tert-OH is 1. The summed E-state index contributed by atoms with van der Waals surface area (Å²) in [5, 5.41) is 23.2. The van der Waals surface area contributed by atoms with E-state index in [1.165, 1.54) is 0 Å². The molecule has 5 heteroatoms. The third-order valence-electron chi connectivity index (χ3n) is 2.61. The number of rotatable bonds is 6. The number of benzene rings is 1.